The Kier molecular flexibility index (Phi) is 7.12. The van der Waals surface area contributed by atoms with Crippen LogP contribution in [0.4, 0.5) is 11.4 Å². The number of anilines is 2. The second-order valence-corrected chi connectivity index (χ2v) is 7.34. The van der Waals surface area contributed by atoms with Crippen LogP contribution in [-0.4, -0.2) is 44.0 Å². The van der Waals surface area contributed by atoms with Gasteiger partial charge in [-0.05, 0) is 55.7 Å². The van der Waals surface area contributed by atoms with E-state index in [4.69, 9.17) is 9.47 Å². The fourth-order valence-electron chi connectivity index (χ4n) is 3.14. The molecular weight excluding hydrogens is 398 g/mol. The molecule has 2 aromatic rings. The topological polar surface area (TPSA) is 97.0 Å². The molecule has 0 radical (unpaired) electrons. The van der Waals surface area contributed by atoms with Gasteiger partial charge in [0.15, 0.2) is 13.2 Å². The van der Waals surface area contributed by atoms with Gasteiger partial charge in [-0.25, -0.2) is 0 Å². The van der Waals surface area contributed by atoms with Gasteiger partial charge in [-0.3, -0.25) is 19.3 Å². The fourth-order valence-corrected chi connectivity index (χ4v) is 3.14. The molecule has 0 unspecified atom stereocenters. The van der Waals surface area contributed by atoms with Crippen LogP contribution in [0, 0.1) is 13.8 Å². The van der Waals surface area contributed by atoms with E-state index in [1.165, 1.54) is 4.90 Å². The monoisotopic (exact) mass is 425 g/mol. The molecule has 0 saturated heterocycles. The Morgan fingerprint density at radius 2 is 1.97 bits per heavy atom. The van der Waals surface area contributed by atoms with Gasteiger partial charge in [-0.2, -0.15) is 0 Å². The highest BCUT2D eigenvalue weighted by Gasteiger charge is 2.27. The normalized spacial score (nSPS) is 12.6. The first-order chi connectivity index (χ1) is 14.9. The summed E-state index contributed by atoms with van der Waals surface area (Å²) in [5, 5.41) is 5.52. The number of fused-ring (bicyclic) bond motifs is 1. The fraction of sp³-hybridized carbons (Fsp3) is 0.348. The molecule has 3 rings (SSSR count). The van der Waals surface area contributed by atoms with Gasteiger partial charge in [0.05, 0.1) is 5.69 Å². The van der Waals surface area contributed by atoms with Crippen molar-refractivity contribution in [1.82, 2.24) is 5.32 Å². The van der Waals surface area contributed by atoms with Gasteiger partial charge in [-0.1, -0.05) is 19.1 Å². The zero-order valence-electron chi connectivity index (χ0n) is 18.0. The van der Waals surface area contributed by atoms with Crippen LogP contribution in [0.3, 0.4) is 0 Å². The van der Waals surface area contributed by atoms with Crippen molar-refractivity contribution in [2.24, 2.45) is 0 Å². The molecule has 31 heavy (non-hydrogen) atoms. The number of hydrogen-bond donors (Lipinski definition) is 2. The number of carbonyl (C=O) groups excluding carboxylic acids is 3. The summed E-state index contributed by atoms with van der Waals surface area (Å²) in [5.74, 6) is 0.229. The summed E-state index contributed by atoms with van der Waals surface area (Å²) >= 11 is 0. The standard InChI is InChI=1S/C23H27N3O5/c1-4-10-24-21(27)12-26-18-11-17(8-9-20(18)31-14-23(26)29)25-22(28)13-30-19-7-5-6-15(2)16(19)3/h5-9,11H,4,10,12-14H2,1-3H3,(H,24,27)(H,25,28). The Morgan fingerprint density at radius 1 is 1.16 bits per heavy atom. The molecule has 2 N–H and O–H groups in total. The molecular formula is C23H27N3O5. The van der Waals surface area contributed by atoms with E-state index < -0.39 is 0 Å². The van der Waals surface area contributed by atoms with E-state index in [2.05, 4.69) is 10.6 Å². The van der Waals surface area contributed by atoms with E-state index >= 15 is 0 Å². The van der Waals surface area contributed by atoms with Crippen LogP contribution in [-0.2, 0) is 14.4 Å². The first-order valence-corrected chi connectivity index (χ1v) is 10.2. The van der Waals surface area contributed by atoms with Gasteiger partial charge in [-0.15, -0.1) is 0 Å². The maximum atomic E-state index is 12.4. The summed E-state index contributed by atoms with van der Waals surface area (Å²) in [4.78, 5) is 38.2. The van der Waals surface area contributed by atoms with E-state index in [-0.39, 0.29) is 37.5 Å². The van der Waals surface area contributed by atoms with Gasteiger partial charge in [0.2, 0.25) is 5.91 Å². The van der Waals surface area contributed by atoms with Crippen LogP contribution in [0.1, 0.15) is 24.5 Å². The molecule has 0 spiro atoms. The van der Waals surface area contributed by atoms with Crippen molar-refractivity contribution in [3.63, 3.8) is 0 Å². The Labute approximate surface area is 181 Å². The van der Waals surface area contributed by atoms with Crippen molar-refractivity contribution >= 4 is 29.1 Å². The molecule has 8 nitrogen and oxygen atoms in total. The Hall–Kier alpha value is -3.55. The lowest BCUT2D eigenvalue weighted by molar-refractivity contribution is -0.125. The predicted octanol–water partition coefficient (Wildman–Crippen LogP) is 2.57. The highest BCUT2D eigenvalue weighted by Crippen LogP contribution is 2.34. The molecule has 0 saturated carbocycles. The lowest BCUT2D eigenvalue weighted by Gasteiger charge is -2.29. The van der Waals surface area contributed by atoms with Gasteiger partial charge in [0.1, 0.15) is 18.0 Å². The minimum atomic E-state index is -0.337. The molecule has 1 heterocycles. The lowest BCUT2D eigenvalue weighted by Crippen LogP contribution is -2.45. The summed E-state index contributed by atoms with van der Waals surface area (Å²) in [6.45, 7) is 6.02. The second kappa shape index (κ2) is 9.97. The molecule has 0 fully saturated rings. The van der Waals surface area contributed by atoms with Gasteiger partial charge in [0, 0.05) is 12.2 Å². The molecule has 0 aliphatic carbocycles. The third-order valence-electron chi connectivity index (χ3n) is 4.97. The maximum absolute atomic E-state index is 12.4. The zero-order chi connectivity index (χ0) is 22.4. The van der Waals surface area contributed by atoms with E-state index in [0.29, 0.717) is 29.4 Å². The van der Waals surface area contributed by atoms with Crippen molar-refractivity contribution in [3.05, 3.63) is 47.5 Å². The van der Waals surface area contributed by atoms with Crippen molar-refractivity contribution in [2.75, 3.05) is 36.5 Å². The Morgan fingerprint density at radius 3 is 2.74 bits per heavy atom. The Bertz CT molecular complexity index is 989. The van der Waals surface area contributed by atoms with Gasteiger partial charge >= 0.3 is 0 Å². The van der Waals surface area contributed by atoms with Gasteiger partial charge in [0.25, 0.3) is 11.8 Å². The molecule has 3 amide bonds. The van der Waals surface area contributed by atoms with Crippen LogP contribution in [0.25, 0.3) is 0 Å². The first-order valence-electron chi connectivity index (χ1n) is 10.2. The number of amides is 3. The van der Waals surface area contributed by atoms with Crippen LogP contribution < -0.4 is 25.0 Å². The number of hydrogen-bond acceptors (Lipinski definition) is 5. The second-order valence-electron chi connectivity index (χ2n) is 7.34. The minimum Gasteiger partial charge on any atom is -0.483 e. The van der Waals surface area contributed by atoms with Crippen LogP contribution in [0.15, 0.2) is 36.4 Å². The highest BCUT2D eigenvalue weighted by molar-refractivity contribution is 6.03. The van der Waals surface area contributed by atoms with Crippen molar-refractivity contribution < 1.29 is 23.9 Å². The largest absolute Gasteiger partial charge is 0.483 e. The molecule has 1 aliphatic rings. The average molecular weight is 425 g/mol. The van der Waals surface area contributed by atoms with Crippen molar-refractivity contribution in [2.45, 2.75) is 27.2 Å². The summed E-state index contributed by atoms with van der Waals surface area (Å²) in [6, 6.07) is 10.6. The van der Waals surface area contributed by atoms with Crippen LogP contribution in [0.2, 0.25) is 0 Å². The number of carbonyl (C=O) groups is 3. The molecule has 0 bridgehead atoms. The summed E-state index contributed by atoms with van der Waals surface area (Å²) in [5.41, 5.74) is 2.98. The van der Waals surface area contributed by atoms with E-state index in [9.17, 15) is 14.4 Å². The quantitative estimate of drug-likeness (QED) is 0.678. The Balaban J connectivity index is 1.68. The van der Waals surface area contributed by atoms with E-state index in [0.717, 1.165) is 17.5 Å². The number of rotatable bonds is 8. The zero-order valence-corrected chi connectivity index (χ0v) is 18.0. The smallest absolute Gasteiger partial charge is 0.265 e. The third-order valence-corrected chi connectivity index (χ3v) is 4.97. The molecule has 2 aromatic carbocycles. The number of benzene rings is 2. The highest BCUT2D eigenvalue weighted by atomic mass is 16.5. The molecule has 1 aliphatic heterocycles. The van der Waals surface area contributed by atoms with E-state index in [1.807, 2.05) is 39.0 Å². The molecule has 0 atom stereocenters. The molecule has 8 heteroatoms. The number of nitrogens with one attached hydrogen (secondary N) is 2. The summed E-state index contributed by atoms with van der Waals surface area (Å²) < 4.78 is 11.1. The lowest BCUT2D eigenvalue weighted by atomic mass is 10.1. The summed E-state index contributed by atoms with van der Waals surface area (Å²) in [6.07, 6.45) is 0.805. The van der Waals surface area contributed by atoms with Crippen LogP contribution >= 0.6 is 0 Å². The third kappa shape index (κ3) is 5.53. The average Bonchev–Trinajstić information content (AvgIpc) is 2.75. The predicted molar refractivity (Wildman–Crippen MR) is 118 cm³/mol. The number of nitrogens with zero attached hydrogens (tertiary/aromatic N) is 1. The van der Waals surface area contributed by atoms with E-state index in [1.54, 1.807) is 18.2 Å². The minimum absolute atomic E-state index is 0.109. The number of ether oxygens (including phenoxy) is 2. The van der Waals surface area contributed by atoms with Crippen molar-refractivity contribution in [3.8, 4) is 11.5 Å². The first kappa shape index (κ1) is 22.1. The molecule has 164 valence electrons. The molecule has 0 aromatic heterocycles. The van der Waals surface area contributed by atoms with Gasteiger partial charge < -0.3 is 20.1 Å². The number of aryl methyl sites for hydroxylation is 1. The summed E-state index contributed by atoms with van der Waals surface area (Å²) in [7, 11) is 0. The van der Waals surface area contributed by atoms with Crippen LogP contribution in [0.5, 0.6) is 11.5 Å². The SMILES string of the molecule is CCCNC(=O)CN1C(=O)COc2ccc(NC(=O)COc3cccc(C)c3C)cc21. The maximum Gasteiger partial charge on any atom is 0.265 e. The van der Waals surface area contributed by atoms with Crippen molar-refractivity contribution in [1.29, 1.82) is 0 Å².